The molecule has 1 aromatic carbocycles. The highest BCUT2D eigenvalue weighted by Crippen LogP contribution is 2.26. The standard InChI is InChI=1S/C15H21FN2O/c1-3-12-10-17(2)8-5-9-18(12)15-7-4-6-14(16)13(15)11-19/h4,6-7,11-12H,3,5,8-10H2,1-2H3. The van der Waals surface area contributed by atoms with E-state index < -0.39 is 5.82 Å². The molecule has 0 bridgehead atoms. The lowest BCUT2D eigenvalue weighted by atomic mass is 10.1. The molecule has 0 radical (unpaired) electrons. The average molecular weight is 264 g/mol. The van der Waals surface area contributed by atoms with E-state index in [1.54, 1.807) is 6.07 Å². The average Bonchev–Trinajstić information content (AvgIpc) is 2.59. The van der Waals surface area contributed by atoms with E-state index in [1.807, 2.05) is 6.07 Å². The van der Waals surface area contributed by atoms with E-state index in [-0.39, 0.29) is 5.56 Å². The first-order chi connectivity index (χ1) is 9.17. The van der Waals surface area contributed by atoms with Crippen molar-refractivity contribution in [3.63, 3.8) is 0 Å². The Hall–Kier alpha value is -1.42. The number of hydrogen-bond donors (Lipinski definition) is 0. The number of likely N-dealkylation sites (N-methyl/N-ethyl adjacent to an activating group) is 1. The monoisotopic (exact) mass is 264 g/mol. The Labute approximate surface area is 114 Å². The fourth-order valence-corrected chi connectivity index (χ4v) is 2.80. The van der Waals surface area contributed by atoms with Crippen LogP contribution in [0.1, 0.15) is 30.1 Å². The van der Waals surface area contributed by atoms with Crippen LogP contribution in [-0.2, 0) is 0 Å². The van der Waals surface area contributed by atoms with Gasteiger partial charge in [-0.1, -0.05) is 13.0 Å². The van der Waals surface area contributed by atoms with Crippen LogP contribution in [0, 0.1) is 5.82 Å². The molecule has 1 heterocycles. The van der Waals surface area contributed by atoms with Crippen LogP contribution in [0.5, 0.6) is 0 Å². The van der Waals surface area contributed by atoms with Gasteiger partial charge in [0.05, 0.1) is 11.3 Å². The molecule has 1 aromatic rings. The van der Waals surface area contributed by atoms with E-state index in [0.29, 0.717) is 12.3 Å². The van der Waals surface area contributed by atoms with Gasteiger partial charge in [0.1, 0.15) is 5.82 Å². The first-order valence-electron chi connectivity index (χ1n) is 6.86. The van der Waals surface area contributed by atoms with Crippen LogP contribution >= 0.6 is 0 Å². The molecule has 0 N–H and O–H groups in total. The van der Waals surface area contributed by atoms with Gasteiger partial charge in [-0.25, -0.2) is 4.39 Å². The second-order valence-corrected chi connectivity index (χ2v) is 5.16. The zero-order valence-electron chi connectivity index (χ0n) is 11.6. The van der Waals surface area contributed by atoms with Crippen LogP contribution < -0.4 is 4.90 Å². The minimum Gasteiger partial charge on any atom is -0.367 e. The van der Waals surface area contributed by atoms with Gasteiger partial charge >= 0.3 is 0 Å². The topological polar surface area (TPSA) is 23.6 Å². The number of benzene rings is 1. The quantitative estimate of drug-likeness (QED) is 0.784. The maximum Gasteiger partial charge on any atom is 0.155 e. The summed E-state index contributed by atoms with van der Waals surface area (Å²) < 4.78 is 13.7. The molecule has 1 aliphatic heterocycles. The highest BCUT2D eigenvalue weighted by molar-refractivity contribution is 5.85. The highest BCUT2D eigenvalue weighted by atomic mass is 19.1. The van der Waals surface area contributed by atoms with Crippen molar-refractivity contribution >= 4 is 12.0 Å². The third-order valence-electron chi connectivity index (χ3n) is 3.83. The second-order valence-electron chi connectivity index (χ2n) is 5.16. The Morgan fingerprint density at radius 2 is 2.21 bits per heavy atom. The molecule has 1 aliphatic rings. The predicted molar refractivity (Wildman–Crippen MR) is 75.3 cm³/mol. The number of rotatable bonds is 3. The Bertz CT molecular complexity index is 450. The molecule has 0 amide bonds. The molecule has 2 rings (SSSR count). The number of carbonyl (C=O) groups excluding carboxylic acids is 1. The number of aldehydes is 1. The lowest BCUT2D eigenvalue weighted by Crippen LogP contribution is -2.40. The zero-order valence-corrected chi connectivity index (χ0v) is 11.6. The van der Waals surface area contributed by atoms with E-state index >= 15 is 0 Å². The maximum atomic E-state index is 13.7. The number of carbonyl (C=O) groups is 1. The number of nitrogens with zero attached hydrogens (tertiary/aromatic N) is 2. The van der Waals surface area contributed by atoms with Crippen molar-refractivity contribution in [3.05, 3.63) is 29.6 Å². The summed E-state index contributed by atoms with van der Waals surface area (Å²) in [7, 11) is 2.11. The first kappa shape index (κ1) is 14.0. The van der Waals surface area contributed by atoms with E-state index in [9.17, 15) is 9.18 Å². The van der Waals surface area contributed by atoms with Gasteiger partial charge in [-0.2, -0.15) is 0 Å². The number of halogens is 1. The van der Waals surface area contributed by atoms with Crippen molar-refractivity contribution in [2.45, 2.75) is 25.8 Å². The van der Waals surface area contributed by atoms with E-state index in [0.717, 1.165) is 38.2 Å². The smallest absolute Gasteiger partial charge is 0.155 e. The SMILES string of the molecule is CCC1CN(C)CCCN1c1cccc(F)c1C=O. The summed E-state index contributed by atoms with van der Waals surface area (Å²) in [6.45, 7) is 4.99. The first-order valence-corrected chi connectivity index (χ1v) is 6.86. The van der Waals surface area contributed by atoms with Crippen molar-refractivity contribution < 1.29 is 9.18 Å². The molecule has 0 aliphatic carbocycles. The van der Waals surface area contributed by atoms with Gasteiger partial charge in [0, 0.05) is 19.1 Å². The van der Waals surface area contributed by atoms with Crippen LogP contribution in [0.3, 0.4) is 0 Å². The van der Waals surface area contributed by atoms with E-state index in [2.05, 4.69) is 23.8 Å². The molecule has 1 unspecified atom stereocenters. The summed E-state index contributed by atoms with van der Waals surface area (Å²) in [4.78, 5) is 15.6. The van der Waals surface area contributed by atoms with Gasteiger partial charge in [-0.05, 0) is 38.6 Å². The molecule has 4 heteroatoms. The van der Waals surface area contributed by atoms with E-state index in [4.69, 9.17) is 0 Å². The Balaban J connectivity index is 2.37. The molecule has 0 aromatic heterocycles. The molecule has 1 atom stereocenters. The highest BCUT2D eigenvalue weighted by Gasteiger charge is 2.24. The van der Waals surface area contributed by atoms with Gasteiger partial charge in [-0.3, -0.25) is 4.79 Å². The summed E-state index contributed by atoms with van der Waals surface area (Å²) in [5.41, 5.74) is 0.919. The van der Waals surface area contributed by atoms with Crippen molar-refractivity contribution in [2.24, 2.45) is 0 Å². The fourth-order valence-electron chi connectivity index (χ4n) is 2.80. The minimum atomic E-state index is -0.431. The minimum absolute atomic E-state index is 0.186. The Kier molecular flexibility index (Phi) is 4.53. The second kappa shape index (κ2) is 6.15. The van der Waals surface area contributed by atoms with Crippen LogP contribution in [0.4, 0.5) is 10.1 Å². The molecular weight excluding hydrogens is 243 g/mol. The largest absolute Gasteiger partial charge is 0.367 e. The summed E-state index contributed by atoms with van der Waals surface area (Å²) in [5, 5.41) is 0. The zero-order chi connectivity index (χ0) is 13.8. The summed E-state index contributed by atoms with van der Waals surface area (Å²) in [5.74, 6) is -0.431. The molecule has 104 valence electrons. The lowest BCUT2D eigenvalue weighted by Gasteiger charge is -2.33. The third kappa shape index (κ3) is 2.95. The predicted octanol–water partition coefficient (Wildman–Crippen LogP) is 2.56. The van der Waals surface area contributed by atoms with E-state index in [1.165, 1.54) is 6.07 Å². The van der Waals surface area contributed by atoms with Crippen LogP contribution in [0.25, 0.3) is 0 Å². The van der Waals surface area contributed by atoms with Gasteiger partial charge in [0.25, 0.3) is 0 Å². The molecule has 19 heavy (non-hydrogen) atoms. The lowest BCUT2D eigenvalue weighted by molar-refractivity contribution is 0.112. The Morgan fingerprint density at radius 3 is 2.89 bits per heavy atom. The molecule has 1 saturated heterocycles. The maximum absolute atomic E-state index is 13.7. The normalized spacial score (nSPS) is 21.2. The molecule has 3 nitrogen and oxygen atoms in total. The molecule has 0 saturated carbocycles. The summed E-state index contributed by atoms with van der Waals surface area (Å²) in [6.07, 6.45) is 2.65. The fraction of sp³-hybridized carbons (Fsp3) is 0.533. The van der Waals surface area contributed by atoms with Gasteiger partial charge in [-0.15, -0.1) is 0 Å². The number of hydrogen-bond acceptors (Lipinski definition) is 3. The van der Waals surface area contributed by atoms with Crippen LogP contribution in [0.15, 0.2) is 18.2 Å². The van der Waals surface area contributed by atoms with Gasteiger partial charge in [0.15, 0.2) is 6.29 Å². The summed E-state index contributed by atoms with van der Waals surface area (Å²) >= 11 is 0. The van der Waals surface area contributed by atoms with Crippen LogP contribution in [-0.4, -0.2) is 43.9 Å². The molecular formula is C15H21FN2O. The molecule has 1 fully saturated rings. The van der Waals surface area contributed by atoms with Crippen molar-refractivity contribution in [1.29, 1.82) is 0 Å². The van der Waals surface area contributed by atoms with Gasteiger partial charge in [0.2, 0.25) is 0 Å². The Morgan fingerprint density at radius 1 is 1.42 bits per heavy atom. The van der Waals surface area contributed by atoms with Crippen molar-refractivity contribution in [3.8, 4) is 0 Å². The van der Waals surface area contributed by atoms with Gasteiger partial charge < -0.3 is 9.80 Å². The van der Waals surface area contributed by atoms with Crippen molar-refractivity contribution in [1.82, 2.24) is 4.90 Å². The summed E-state index contributed by atoms with van der Waals surface area (Å²) in [6, 6.07) is 5.20. The molecule has 0 spiro atoms. The van der Waals surface area contributed by atoms with Crippen molar-refractivity contribution in [2.75, 3.05) is 31.6 Å². The third-order valence-corrected chi connectivity index (χ3v) is 3.83. The number of anilines is 1. The van der Waals surface area contributed by atoms with Crippen LogP contribution in [0.2, 0.25) is 0 Å².